The molecule has 1 saturated carbocycles. The van der Waals surface area contributed by atoms with Gasteiger partial charge in [-0.25, -0.2) is 0 Å². The molecule has 2 rings (SSSR count). The molecule has 0 amide bonds. The van der Waals surface area contributed by atoms with Gasteiger partial charge < -0.3 is 10.2 Å². The molecular formula is C14H24ClN5. The second-order valence-corrected chi connectivity index (χ2v) is 6.76. The maximum Gasteiger partial charge on any atom is 0.231 e. The van der Waals surface area contributed by atoms with Crippen LogP contribution in [0.4, 0.5) is 11.9 Å². The molecule has 0 bridgehead atoms. The highest BCUT2D eigenvalue weighted by Crippen LogP contribution is 2.63. The average Bonchev–Trinajstić information content (AvgIpc) is 2.73. The Morgan fingerprint density at radius 3 is 2.05 bits per heavy atom. The lowest BCUT2D eigenvalue weighted by atomic mass is 10.0. The van der Waals surface area contributed by atoms with Crippen molar-refractivity contribution in [1.82, 2.24) is 15.0 Å². The van der Waals surface area contributed by atoms with E-state index in [1.54, 1.807) is 0 Å². The van der Waals surface area contributed by atoms with Crippen molar-refractivity contribution in [2.24, 2.45) is 10.8 Å². The van der Waals surface area contributed by atoms with E-state index in [0.717, 1.165) is 13.1 Å². The van der Waals surface area contributed by atoms with Crippen molar-refractivity contribution in [1.29, 1.82) is 0 Å². The molecular weight excluding hydrogens is 274 g/mol. The Hall–Kier alpha value is -1.10. The average molecular weight is 298 g/mol. The quantitative estimate of drug-likeness (QED) is 0.904. The maximum absolute atomic E-state index is 6.03. The fourth-order valence-corrected chi connectivity index (χ4v) is 2.89. The summed E-state index contributed by atoms with van der Waals surface area (Å²) in [5, 5.41) is 3.64. The van der Waals surface area contributed by atoms with Crippen LogP contribution in [0.1, 0.15) is 41.5 Å². The summed E-state index contributed by atoms with van der Waals surface area (Å²) >= 11 is 6.03. The molecule has 1 aliphatic carbocycles. The van der Waals surface area contributed by atoms with Gasteiger partial charge in [0.25, 0.3) is 0 Å². The molecule has 1 heterocycles. The van der Waals surface area contributed by atoms with Crippen LogP contribution >= 0.6 is 11.6 Å². The van der Waals surface area contributed by atoms with Crippen molar-refractivity contribution in [3.05, 3.63) is 5.28 Å². The normalized spacial score (nSPS) is 19.8. The Balaban J connectivity index is 2.22. The van der Waals surface area contributed by atoms with Gasteiger partial charge in [-0.2, -0.15) is 15.0 Å². The van der Waals surface area contributed by atoms with E-state index in [-0.39, 0.29) is 16.1 Å². The zero-order chi connectivity index (χ0) is 15.1. The van der Waals surface area contributed by atoms with Crippen molar-refractivity contribution < 1.29 is 0 Å². The largest absolute Gasteiger partial charge is 0.350 e. The van der Waals surface area contributed by atoms with Gasteiger partial charge in [0, 0.05) is 19.1 Å². The first-order chi connectivity index (χ1) is 9.23. The summed E-state index contributed by atoms with van der Waals surface area (Å²) in [6, 6.07) is 0.345. The van der Waals surface area contributed by atoms with E-state index < -0.39 is 0 Å². The van der Waals surface area contributed by atoms with Gasteiger partial charge in [0.15, 0.2) is 0 Å². The van der Waals surface area contributed by atoms with Gasteiger partial charge in [-0.3, -0.25) is 0 Å². The van der Waals surface area contributed by atoms with E-state index in [4.69, 9.17) is 11.6 Å². The monoisotopic (exact) mass is 297 g/mol. The first-order valence-electron chi connectivity index (χ1n) is 7.17. The Morgan fingerprint density at radius 1 is 1.05 bits per heavy atom. The van der Waals surface area contributed by atoms with Gasteiger partial charge in [0.1, 0.15) is 0 Å². The molecule has 0 aliphatic heterocycles. The number of rotatable bonds is 5. The zero-order valence-corrected chi connectivity index (χ0v) is 13.9. The molecule has 0 aromatic carbocycles. The van der Waals surface area contributed by atoms with E-state index in [1.807, 2.05) is 0 Å². The number of hydrogen-bond acceptors (Lipinski definition) is 5. The number of hydrogen-bond donors (Lipinski definition) is 1. The van der Waals surface area contributed by atoms with Gasteiger partial charge in [0.05, 0.1) is 0 Å². The molecule has 112 valence electrons. The van der Waals surface area contributed by atoms with Gasteiger partial charge in [0.2, 0.25) is 17.2 Å². The standard InChI is InChI=1S/C14H24ClN5/c1-7-20(8-2)12-18-10(15)17-11(19-12)16-9-13(3,4)14(9,5)6/h9H,7-8H2,1-6H3,(H,16,17,18,19). The summed E-state index contributed by atoms with van der Waals surface area (Å²) in [6.45, 7) is 14.8. The molecule has 1 N–H and O–H groups in total. The number of aromatic nitrogens is 3. The molecule has 1 aliphatic rings. The van der Waals surface area contributed by atoms with E-state index in [0.29, 0.717) is 17.9 Å². The van der Waals surface area contributed by atoms with E-state index in [9.17, 15) is 0 Å². The fourth-order valence-electron chi connectivity index (χ4n) is 2.74. The molecule has 0 spiro atoms. The second-order valence-electron chi connectivity index (χ2n) is 6.42. The lowest BCUT2D eigenvalue weighted by molar-refractivity contribution is 0.457. The van der Waals surface area contributed by atoms with Crippen LogP contribution in [0.5, 0.6) is 0 Å². The summed E-state index contributed by atoms with van der Waals surface area (Å²) in [6.07, 6.45) is 0. The van der Waals surface area contributed by atoms with Crippen LogP contribution in [0.15, 0.2) is 0 Å². The summed E-state index contributed by atoms with van der Waals surface area (Å²) in [5.74, 6) is 1.20. The zero-order valence-electron chi connectivity index (χ0n) is 13.2. The molecule has 5 nitrogen and oxygen atoms in total. The third kappa shape index (κ3) is 2.43. The minimum Gasteiger partial charge on any atom is -0.350 e. The van der Waals surface area contributed by atoms with E-state index in [1.165, 1.54) is 0 Å². The molecule has 0 saturated heterocycles. The van der Waals surface area contributed by atoms with Gasteiger partial charge in [-0.05, 0) is 36.3 Å². The van der Waals surface area contributed by atoms with Crippen LogP contribution in [0.25, 0.3) is 0 Å². The third-order valence-electron chi connectivity index (χ3n) is 4.94. The SMILES string of the molecule is CCN(CC)c1nc(Cl)nc(NC2C(C)(C)C2(C)C)n1. The van der Waals surface area contributed by atoms with E-state index >= 15 is 0 Å². The predicted molar refractivity (Wildman–Crippen MR) is 83.4 cm³/mol. The minimum atomic E-state index is 0.224. The van der Waals surface area contributed by atoms with Gasteiger partial charge >= 0.3 is 0 Å². The summed E-state index contributed by atoms with van der Waals surface area (Å²) in [5.41, 5.74) is 0.447. The molecule has 1 aromatic rings. The Bertz CT molecular complexity index is 482. The number of anilines is 2. The van der Waals surface area contributed by atoms with Crippen molar-refractivity contribution >= 4 is 23.5 Å². The molecule has 20 heavy (non-hydrogen) atoms. The second kappa shape index (κ2) is 5.02. The highest BCUT2D eigenvalue weighted by atomic mass is 35.5. The van der Waals surface area contributed by atoms with Crippen LogP contribution in [-0.2, 0) is 0 Å². The minimum absolute atomic E-state index is 0.224. The number of halogens is 1. The summed E-state index contributed by atoms with van der Waals surface area (Å²) < 4.78 is 0. The van der Waals surface area contributed by atoms with Gasteiger partial charge in [-0.1, -0.05) is 27.7 Å². The van der Waals surface area contributed by atoms with Crippen molar-refractivity contribution in [3.63, 3.8) is 0 Å². The van der Waals surface area contributed by atoms with Crippen molar-refractivity contribution in [3.8, 4) is 0 Å². The Labute approximate surface area is 126 Å². The number of nitrogens with zero attached hydrogens (tertiary/aromatic N) is 4. The first-order valence-corrected chi connectivity index (χ1v) is 7.54. The van der Waals surface area contributed by atoms with Crippen molar-refractivity contribution in [2.45, 2.75) is 47.6 Å². The highest BCUT2D eigenvalue weighted by molar-refractivity contribution is 6.28. The summed E-state index contributed by atoms with van der Waals surface area (Å²) in [4.78, 5) is 15.0. The lowest BCUT2D eigenvalue weighted by Gasteiger charge is -2.19. The summed E-state index contributed by atoms with van der Waals surface area (Å²) in [7, 11) is 0. The third-order valence-corrected chi connectivity index (χ3v) is 5.11. The molecule has 6 heteroatoms. The maximum atomic E-state index is 6.03. The molecule has 1 aromatic heterocycles. The molecule has 0 radical (unpaired) electrons. The fraction of sp³-hybridized carbons (Fsp3) is 0.786. The first kappa shape index (κ1) is 15.3. The van der Waals surface area contributed by atoms with Gasteiger partial charge in [-0.15, -0.1) is 0 Å². The number of nitrogens with one attached hydrogen (secondary N) is 1. The smallest absolute Gasteiger partial charge is 0.231 e. The lowest BCUT2D eigenvalue weighted by Crippen LogP contribution is -2.25. The van der Waals surface area contributed by atoms with Crippen molar-refractivity contribution in [2.75, 3.05) is 23.3 Å². The molecule has 0 atom stereocenters. The molecule has 1 fully saturated rings. The van der Waals surface area contributed by atoms with Crippen LogP contribution in [0.2, 0.25) is 5.28 Å². The highest BCUT2D eigenvalue weighted by Gasteiger charge is 2.65. The van der Waals surface area contributed by atoms with Crippen LogP contribution in [0.3, 0.4) is 0 Å². The Morgan fingerprint density at radius 2 is 1.60 bits per heavy atom. The van der Waals surface area contributed by atoms with E-state index in [2.05, 4.69) is 66.7 Å². The van der Waals surface area contributed by atoms with Crippen LogP contribution in [-0.4, -0.2) is 34.1 Å². The molecule has 0 unspecified atom stereocenters. The Kier molecular flexibility index (Phi) is 3.84. The van der Waals surface area contributed by atoms with Crippen LogP contribution in [0, 0.1) is 10.8 Å². The predicted octanol–water partition coefficient (Wildman–Crippen LogP) is 3.22. The van der Waals surface area contributed by atoms with Crippen LogP contribution < -0.4 is 10.2 Å². The topological polar surface area (TPSA) is 53.9 Å².